The Hall–Kier alpha value is -4.23. The third kappa shape index (κ3) is 4.50. The monoisotopic (exact) mass is 510 g/mol. The maximum atomic E-state index is 13.0. The van der Waals surface area contributed by atoms with Gasteiger partial charge in [0.05, 0.1) is 47.2 Å². The third-order valence-corrected chi connectivity index (χ3v) is 7.80. The lowest BCUT2D eigenvalue weighted by atomic mass is 9.86. The number of rotatable bonds is 4. The Balaban J connectivity index is 1.21. The first kappa shape index (κ1) is 24.1. The maximum absolute atomic E-state index is 13.0. The van der Waals surface area contributed by atoms with E-state index in [1.54, 1.807) is 21.6 Å². The minimum atomic E-state index is -0.249. The highest BCUT2D eigenvalue weighted by Gasteiger charge is 2.30. The van der Waals surface area contributed by atoms with Crippen molar-refractivity contribution in [1.29, 1.82) is 5.26 Å². The minimum Gasteiger partial charge on any atom is -0.393 e. The number of aromatic nitrogens is 5. The van der Waals surface area contributed by atoms with E-state index >= 15 is 0 Å². The molecule has 10 heteroatoms. The van der Waals surface area contributed by atoms with Gasteiger partial charge < -0.3 is 14.9 Å². The summed E-state index contributed by atoms with van der Waals surface area (Å²) in [5, 5.41) is 28.1. The van der Waals surface area contributed by atoms with Crippen molar-refractivity contribution in [1.82, 2.24) is 29.3 Å². The molecule has 0 spiro atoms. The molecule has 1 aliphatic heterocycles. The predicted molar refractivity (Wildman–Crippen MR) is 142 cm³/mol. The van der Waals surface area contributed by atoms with Crippen molar-refractivity contribution in [3.63, 3.8) is 0 Å². The molecule has 0 bridgehead atoms. The zero-order chi connectivity index (χ0) is 26.2. The summed E-state index contributed by atoms with van der Waals surface area (Å²) >= 11 is 0. The van der Waals surface area contributed by atoms with E-state index in [1.807, 2.05) is 42.7 Å². The Kier molecular flexibility index (Phi) is 6.29. The molecule has 10 nitrogen and oxygen atoms in total. The highest BCUT2D eigenvalue weighted by Crippen LogP contribution is 2.32. The van der Waals surface area contributed by atoms with Gasteiger partial charge in [0, 0.05) is 68.2 Å². The first-order valence-electron chi connectivity index (χ1n) is 13.1. The van der Waals surface area contributed by atoms with Crippen LogP contribution in [0.5, 0.6) is 0 Å². The summed E-state index contributed by atoms with van der Waals surface area (Å²) in [5.74, 6) is 0.281. The molecule has 2 fully saturated rings. The summed E-state index contributed by atoms with van der Waals surface area (Å²) in [6.07, 6.45) is 11.9. The van der Waals surface area contributed by atoms with E-state index in [4.69, 9.17) is 4.98 Å². The van der Waals surface area contributed by atoms with Crippen molar-refractivity contribution in [3.05, 3.63) is 54.7 Å². The number of hydrogen-bond donors (Lipinski definition) is 1. The number of fused-ring (bicyclic) bond motifs is 1. The molecule has 0 radical (unpaired) electrons. The molecule has 4 aromatic heterocycles. The topological polar surface area (TPSA) is 116 Å². The van der Waals surface area contributed by atoms with Gasteiger partial charge in [-0.2, -0.15) is 15.5 Å². The van der Waals surface area contributed by atoms with Crippen molar-refractivity contribution in [2.24, 2.45) is 13.0 Å². The van der Waals surface area contributed by atoms with Gasteiger partial charge >= 0.3 is 0 Å². The SMILES string of the molecule is Cn1cc(-c2cc(-c3ccc(N4CCN(C(=O)[C@H]5CC[C@H](O)CC5)CC4)cn3)c3c(C#N)cnn3c2)cn1. The average molecular weight is 511 g/mol. The lowest BCUT2D eigenvalue weighted by Crippen LogP contribution is -2.50. The molecule has 0 aromatic carbocycles. The molecule has 1 saturated heterocycles. The number of aliphatic hydroxyl groups excluding tert-OH is 1. The normalized spacial score (nSPS) is 20.0. The van der Waals surface area contributed by atoms with Gasteiger partial charge in [-0.1, -0.05) is 0 Å². The Morgan fingerprint density at radius 2 is 1.79 bits per heavy atom. The van der Waals surface area contributed by atoms with Crippen LogP contribution in [-0.2, 0) is 11.8 Å². The fourth-order valence-corrected chi connectivity index (χ4v) is 5.63. The second-order valence-electron chi connectivity index (χ2n) is 10.2. The van der Waals surface area contributed by atoms with Crippen LogP contribution in [0.3, 0.4) is 0 Å². The molecular formula is C28H30N8O2. The molecule has 4 aromatic rings. The molecule has 2 aliphatic rings. The summed E-state index contributed by atoms with van der Waals surface area (Å²) in [7, 11) is 1.88. The van der Waals surface area contributed by atoms with Crippen molar-refractivity contribution in [2.45, 2.75) is 31.8 Å². The van der Waals surface area contributed by atoms with E-state index < -0.39 is 0 Å². The number of carbonyl (C=O) groups excluding carboxylic acids is 1. The van der Waals surface area contributed by atoms with Gasteiger partial charge in [-0.15, -0.1) is 0 Å². The molecule has 0 unspecified atom stereocenters. The van der Waals surface area contributed by atoms with Gasteiger partial charge in [-0.3, -0.25) is 14.5 Å². The number of pyridine rings is 2. The lowest BCUT2D eigenvalue weighted by Gasteiger charge is -2.38. The van der Waals surface area contributed by atoms with Crippen LogP contribution in [0, 0.1) is 17.2 Å². The van der Waals surface area contributed by atoms with Gasteiger partial charge in [0.2, 0.25) is 5.91 Å². The van der Waals surface area contributed by atoms with Crippen LogP contribution in [0.2, 0.25) is 0 Å². The maximum Gasteiger partial charge on any atom is 0.225 e. The number of aliphatic hydroxyl groups is 1. The van der Waals surface area contributed by atoms with Gasteiger partial charge in [0.1, 0.15) is 6.07 Å². The Morgan fingerprint density at radius 3 is 2.45 bits per heavy atom. The van der Waals surface area contributed by atoms with Gasteiger partial charge in [0.25, 0.3) is 0 Å². The van der Waals surface area contributed by atoms with E-state index in [1.165, 1.54) is 0 Å². The molecule has 0 atom stereocenters. The quantitative estimate of drug-likeness (QED) is 0.449. The smallest absolute Gasteiger partial charge is 0.225 e. The Labute approximate surface area is 220 Å². The third-order valence-electron chi connectivity index (χ3n) is 7.80. The highest BCUT2D eigenvalue weighted by atomic mass is 16.3. The zero-order valence-corrected chi connectivity index (χ0v) is 21.4. The molecule has 1 aliphatic carbocycles. The van der Waals surface area contributed by atoms with Gasteiger partial charge in [0.15, 0.2) is 0 Å². The van der Waals surface area contributed by atoms with Crippen LogP contribution in [0.15, 0.2) is 49.2 Å². The first-order chi connectivity index (χ1) is 18.5. The van der Waals surface area contributed by atoms with E-state index in [-0.39, 0.29) is 17.9 Å². The molecule has 194 valence electrons. The van der Waals surface area contributed by atoms with Crippen LogP contribution < -0.4 is 4.90 Å². The lowest BCUT2D eigenvalue weighted by molar-refractivity contribution is -0.137. The standard InChI is InChI=1S/C28H30N8O2/c1-33-17-22(15-31-33)20-12-25(27-21(13-29)14-32-36(27)18-20)26-7-4-23(16-30-26)34-8-10-35(11-9-34)28(38)19-2-5-24(37)6-3-19/h4,7,12,14-19,24,37H,2-3,5-6,8-11H2,1H3/t19-,24-. The second kappa shape index (κ2) is 9.91. The van der Waals surface area contributed by atoms with E-state index in [0.29, 0.717) is 18.7 Å². The van der Waals surface area contributed by atoms with Crippen molar-refractivity contribution in [2.75, 3.05) is 31.1 Å². The molecule has 1 saturated carbocycles. The van der Waals surface area contributed by atoms with Crippen LogP contribution in [0.4, 0.5) is 5.69 Å². The van der Waals surface area contributed by atoms with Crippen LogP contribution in [-0.4, -0.2) is 72.6 Å². The van der Waals surface area contributed by atoms with Crippen molar-refractivity contribution >= 4 is 17.1 Å². The molecule has 38 heavy (non-hydrogen) atoms. The van der Waals surface area contributed by atoms with E-state index in [2.05, 4.69) is 27.2 Å². The van der Waals surface area contributed by atoms with Crippen molar-refractivity contribution < 1.29 is 9.90 Å². The number of piperazine rings is 1. The number of nitrogens with zero attached hydrogens (tertiary/aromatic N) is 8. The van der Waals surface area contributed by atoms with Gasteiger partial charge in [-0.05, 0) is 43.9 Å². The Morgan fingerprint density at radius 1 is 1.00 bits per heavy atom. The summed E-state index contributed by atoms with van der Waals surface area (Å²) in [6.45, 7) is 2.89. The minimum absolute atomic E-state index is 0.0482. The molecule has 5 heterocycles. The van der Waals surface area contributed by atoms with Crippen molar-refractivity contribution in [3.8, 4) is 28.5 Å². The molecule has 6 rings (SSSR count). The predicted octanol–water partition coefficient (Wildman–Crippen LogP) is 2.87. The molecular weight excluding hydrogens is 480 g/mol. The van der Waals surface area contributed by atoms with Gasteiger partial charge in [-0.25, -0.2) is 4.52 Å². The summed E-state index contributed by atoms with van der Waals surface area (Å²) in [6, 6.07) is 8.31. The Bertz CT molecular complexity index is 1500. The summed E-state index contributed by atoms with van der Waals surface area (Å²) in [5.41, 5.74) is 5.72. The summed E-state index contributed by atoms with van der Waals surface area (Å²) in [4.78, 5) is 22.0. The number of aryl methyl sites for hydroxylation is 1. The number of amides is 1. The fraction of sp³-hybridized carbons (Fsp3) is 0.393. The number of hydrogen-bond acceptors (Lipinski definition) is 7. The number of anilines is 1. The molecule has 1 N–H and O–H groups in total. The zero-order valence-electron chi connectivity index (χ0n) is 21.4. The second-order valence-corrected chi connectivity index (χ2v) is 10.2. The van der Waals surface area contributed by atoms with E-state index in [9.17, 15) is 15.2 Å². The highest BCUT2D eigenvalue weighted by molar-refractivity contribution is 5.86. The van der Waals surface area contributed by atoms with Crippen LogP contribution >= 0.6 is 0 Å². The number of nitriles is 1. The average Bonchev–Trinajstić information content (AvgIpc) is 3.59. The van der Waals surface area contributed by atoms with E-state index in [0.717, 1.165) is 72.4 Å². The summed E-state index contributed by atoms with van der Waals surface area (Å²) < 4.78 is 3.48. The number of carbonyl (C=O) groups is 1. The first-order valence-corrected chi connectivity index (χ1v) is 13.1. The fourth-order valence-electron chi connectivity index (χ4n) is 5.63. The molecule has 1 amide bonds. The van der Waals surface area contributed by atoms with Crippen LogP contribution in [0.1, 0.15) is 31.2 Å². The van der Waals surface area contributed by atoms with Crippen LogP contribution in [0.25, 0.3) is 27.9 Å². The largest absolute Gasteiger partial charge is 0.393 e.